The molecule has 0 saturated carbocycles. The van der Waals surface area contributed by atoms with E-state index in [2.05, 4.69) is 0 Å². The molecule has 27 heavy (non-hydrogen) atoms. The van der Waals surface area contributed by atoms with E-state index in [-0.39, 0.29) is 18.4 Å². The van der Waals surface area contributed by atoms with Crippen molar-refractivity contribution in [3.8, 4) is 0 Å². The fraction of sp³-hybridized carbons (Fsp3) is 0.333. The number of nitrogens with zero attached hydrogens (tertiary/aromatic N) is 2. The summed E-state index contributed by atoms with van der Waals surface area (Å²) in [5.74, 6) is -0.146. The van der Waals surface area contributed by atoms with Gasteiger partial charge in [0.15, 0.2) is 0 Å². The lowest BCUT2D eigenvalue weighted by Gasteiger charge is -2.47. The topological polar surface area (TPSA) is 49.9 Å². The number of amides is 2. The van der Waals surface area contributed by atoms with E-state index in [0.29, 0.717) is 30.2 Å². The molecule has 1 spiro atoms. The molecule has 0 aliphatic carbocycles. The lowest BCUT2D eigenvalue weighted by Crippen LogP contribution is -2.62. The number of hydrogen-bond acceptors (Lipinski definition) is 3. The highest BCUT2D eigenvalue weighted by Crippen LogP contribution is 2.32. The summed E-state index contributed by atoms with van der Waals surface area (Å²) in [7, 11) is 0. The molecule has 2 aromatic rings. The summed E-state index contributed by atoms with van der Waals surface area (Å²) in [4.78, 5) is 28.9. The molecule has 2 aliphatic heterocycles. The Balaban J connectivity index is 1.56. The lowest BCUT2D eigenvalue weighted by molar-refractivity contribution is -0.144. The summed E-state index contributed by atoms with van der Waals surface area (Å²) in [5, 5.41) is 0.452. The SMILES string of the molecule is O=C(c1ccccc1Cl)N1CCCC2(C1)CN(c1ccccc1)C(=O)CO2. The van der Waals surface area contributed by atoms with Crippen molar-refractivity contribution in [2.45, 2.75) is 18.4 Å². The van der Waals surface area contributed by atoms with E-state index >= 15 is 0 Å². The van der Waals surface area contributed by atoms with Gasteiger partial charge in [0.2, 0.25) is 0 Å². The summed E-state index contributed by atoms with van der Waals surface area (Å²) < 4.78 is 6.00. The van der Waals surface area contributed by atoms with Crippen molar-refractivity contribution in [2.75, 3.05) is 31.1 Å². The van der Waals surface area contributed by atoms with Crippen LogP contribution in [0.15, 0.2) is 54.6 Å². The van der Waals surface area contributed by atoms with E-state index in [4.69, 9.17) is 16.3 Å². The maximum atomic E-state index is 13.0. The summed E-state index contributed by atoms with van der Waals surface area (Å²) in [6.45, 7) is 1.59. The second-order valence-corrected chi connectivity index (χ2v) is 7.50. The third-order valence-electron chi connectivity index (χ3n) is 5.25. The number of likely N-dealkylation sites (tertiary alicyclic amines) is 1. The van der Waals surface area contributed by atoms with Crippen LogP contribution in [0, 0.1) is 0 Å². The van der Waals surface area contributed by atoms with Crippen molar-refractivity contribution >= 4 is 29.1 Å². The Labute approximate surface area is 163 Å². The van der Waals surface area contributed by atoms with Gasteiger partial charge in [0.05, 0.1) is 23.7 Å². The van der Waals surface area contributed by atoms with Crippen LogP contribution in [0.4, 0.5) is 5.69 Å². The van der Waals surface area contributed by atoms with Crippen molar-refractivity contribution in [2.24, 2.45) is 0 Å². The summed E-state index contributed by atoms with van der Waals surface area (Å²) in [5.41, 5.74) is 0.821. The second kappa shape index (κ2) is 7.33. The van der Waals surface area contributed by atoms with Crippen LogP contribution < -0.4 is 4.90 Å². The molecule has 0 bridgehead atoms. The molecule has 140 valence electrons. The normalized spacial score (nSPS) is 22.9. The maximum Gasteiger partial charge on any atom is 0.255 e. The Hall–Kier alpha value is -2.37. The fourth-order valence-corrected chi connectivity index (χ4v) is 4.10. The van der Waals surface area contributed by atoms with Crippen molar-refractivity contribution in [1.29, 1.82) is 0 Å². The van der Waals surface area contributed by atoms with Crippen molar-refractivity contribution in [3.05, 3.63) is 65.2 Å². The molecule has 2 fully saturated rings. The molecule has 2 aliphatic rings. The molecule has 0 aromatic heterocycles. The van der Waals surface area contributed by atoms with Gasteiger partial charge in [-0.25, -0.2) is 0 Å². The zero-order valence-corrected chi connectivity index (χ0v) is 15.7. The molecule has 1 unspecified atom stereocenters. The van der Waals surface area contributed by atoms with E-state index in [1.54, 1.807) is 21.9 Å². The number of para-hydroxylation sites is 1. The van der Waals surface area contributed by atoms with Crippen LogP contribution in [-0.4, -0.2) is 48.6 Å². The van der Waals surface area contributed by atoms with Crippen LogP contribution in [0.1, 0.15) is 23.2 Å². The number of halogens is 1. The molecule has 2 amide bonds. The highest BCUT2D eigenvalue weighted by Gasteiger charge is 2.44. The Morgan fingerprint density at radius 2 is 1.78 bits per heavy atom. The predicted molar refractivity (Wildman–Crippen MR) is 104 cm³/mol. The van der Waals surface area contributed by atoms with E-state index < -0.39 is 5.60 Å². The predicted octanol–water partition coefficient (Wildman–Crippen LogP) is 3.38. The summed E-state index contributed by atoms with van der Waals surface area (Å²) in [6.07, 6.45) is 1.64. The molecule has 6 heteroatoms. The fourth-order valence-electron chi connectivity index (χ4n) is 3.88. The van der Waals surface area contributed by atoms with Gasteiger partial charge in [-0.1, -0.05) is 41.9 Å². The average Bonchev–Trinajstić information content (AvgIpc) is 2.71. The second-order valence-electron chi connectivity index (χ2n) is 7.10. The van der Waals surface area contributed by atoms with Gasteiger partial charge >= 0.3 is 0 Å². The molecule has 4 rings (SSSR count). The number of ether oxygens (including phenoxy) is 1. The number of piperidine rings is 1. The molecular weight excluding hydrogens is 364 g/mol. The van der Waals surface area contributed by atoms with Crippen LogP contribution >= 0.6 is 11.6 Å². The van der Waals surface area contributed by atoms with Crippen LogP contribution in [-0.2, 0) is 9.53 Å². The third kappa shape index (κ3) is 3.57. The van der Waals surface area contributed by atoms with Gasteiger partial charge in [-0.05, 0) is 37.1 Å². The zero-order chi connectivity index (χ0) is 18.9. The van der Waals surface area contributed by atoms with Gasteiger partial charge in [-0.2, -0.15) is 0 Å². The van der Waals surface area contributed by atoms with Gasteiger partial charge in [0, 0.05) is 12.2 Å². The maximum absolute atomic E-state index is 13.0. The number of anilines is 1. The standard InChI is InChI=1S/C21H21ClN2O3/c22-18-10-5-4-9-17(18)20(26)23-12-6-11-21(14-23)15-24(19(25)13-27-21)16-7-2-1-3-8-16/h1-5,7-10H,6,11-15H2. The molecule has 2 heterocycles. The minimum Gasteiger partial charge on any atom is -0.361 e. The first-order valence-corrected chi connectivity index (χ1v) is 9.49. The number of carbonyl (C=O) groups is 2. The first-order chi connectivity index (χ1) is 13.1. The summed E-state index contributed by atoms with van der Waals surface area (Å²) >= 11 is 6.21. The van der Waals surface area contributed by atoms with Gasteiger partial charge in [-0.3, -0.25) is 9.59 Å². The third-order valence-corrected chi connectivity index (χ3v) is 5.58. The highest BCUT2D eigenvalue weighted by atomic mass is 35.5. The average molecular weight is 385 g/mol. The van der Waals surface area contributed by atoms with Gasteiger partial charge < -0.3 is 14.5 Å². The number of hydrogen-bond donors (Lipinski definition) is 0. The molecule has 0 radical (unpaired) electrons. The molecule has 2 saturated heterocycles. The number of benzene rings is 2. The quantitative estimate of drug-likeness (QED) is 0.797. The van der Waals surface area contributed by atoms with E-state index in [1.165, 1.54) is 0 Å². The van der Waals surface area contributed by atoms with Crippen LogP contribution in [0.25, 0.3) is 0 Å². The molecule has 0 N–H and O–H groups in total. The largest absolute Gasteiger partial charge is 0.361 e. The minimum atomic E-state index is -0.543. The first kappa shape index (κ1) is 18.0. The van der Waals surface area contributed by atoms with Crippen LogP contribution in [0.5, 0.6) is 0 Å². The Morgan fingerprint density at radius 1 is 1.04 bits per heavy atom. The number of morpholine rings is 1. The molecular formula is C21H21ClN2O3. The Bertz CT molecular complexity index is 858. The summed E-state index contributed by atoms with van der Waals surface area (Å²) in [6, 6.07) is 16.7. The molecule has 2 aromatic carbocycles. The van der Waals surface area contributed by atoms with E-state index in [0.717, 1.165) is 18.5 Å². The Morgan fingerprint density at radius 3 is 2.56 bits per heavy atom. The smallest absolute Gasteiger partial charge is 0.255 e. The molecule has 5 nitrogen and oxygen atoms in total. The van der Waals surface area contributed by atoms with Crippen molar-refractivity contribution in [1.82, 2.24) is 4.90 Å². The van der Waals surface area contributed by atoms with Crippen LogP contribution in [0.2, 0.25) is 5.02 Å². The molecule has 1 atom stereocenters. The highest BCUT2D eigenvalue weighted by molar-refractivity contribution is 6.33. The van der Waals surface area contributed by atoms with Gasteiger partial charge in [-0.15, -0.1) is 0 Å². The lowest BCUT2D eigenvalue weighted by atomic mass is 9.90. The van der Waals surface area contributed by atoms with E-state index in [9.17, 15) is 9.59 Å². The van der Waals surface area contributed by atoms with Gasteiger partial charge in [0.25, 0.3) is 11.8 Å². The Kier molecular flexibility index (Phi) is 4.89. The van der Waals surface area contributed by atoms with Crippen molar-refractivity contribution < 1.29 is 14.3 Å². The monoisotopic (exact) mass is 384 g/mol. The van der Waals surface area contributed by atoms with Crippen molar-refractivity contribution in [3.63, 3.8) is 0 Å². The van der Waals surface area contributed by atoms with E-state index in [1.807, 2.05) is 42.5 Å². The van der Waals surface area contributed by atoms with Crippen LogP contribution in [0.3, 0.4) is 0 Å². The minimum absolute atomic E-state index is 0.0308. The number of carbonyl (C=O) groups excluding carboxylic acids is 2. The van der Waals surface area contributed by atoms with Gasteiger partial charge in [0.1, 0.15) is 12.2 Å². The number of rotatable bonds is 2. The zero-order valence-electron chi connectivity index (χ0n) is 14.9. The first-order valence-electron chi connectivity index (χ1n) is 9.11.